The van der Waals surface area contributed by atoms with Crippen molar-refractivity contribution in [3.05, 3.63) is 42.2 Å². The first-order valence-corrected chi connectivity index (χ1v) is 9.82. The Hall–Kier alpha value is -3.56. The van der Waals surface area contributed by atoms with Gasteiger partial charge in [0.2, 0.25) is 0 Å². The van der Waals surface area contributed by atoms with E-state index in [-0.39, 0.29) is 24.4 Å². The van der Waals surface area contributed by atoms with Crippen LogP contribution in [0.1, 0.15) is 24.3 Å². The largest absolute Gasteiger partial charge is 0.461 e. The summed E-state index contributed by atoms with van der Waals surface area (Å²) in [4.78, 5) is 39.4. The number of nitrogens with one attached hydrogen (secondary N) is 1. The number of hydrogen-bond donors (Lipinski definition) is 1. The number of carbonyl (C=O) groups excluding carboxylic acids is 3. The van der Waals surface area contributed by atoms with E-state index in [9.17, 15) is 14.4 Å². The number of piperazine rings is 1. The van der Waals surface area contributed by atoms with Crippen molar-refractivity contribution in [3.63, 3.8) is 0 Å². The SMILES string of the molecule is CCOC(=O)c1ccn(-c2cccc(NC(=O)N3CCN(C(=O)OCC)CC3)c2)n1. The Bertz CT molecular complexity index is 904. The minimum atomic E-state index is -0.484. The summed E-state index contributed by atoms with van der Waals surface area (Å²) in [5, 5.41) is 7.08. The summed E-state index contributed by atoms with van der Waals surface area (Å²) < 4.78 is 11.5. The lowest BCUT2D eigenvalue weighted by Crippen LogP contribution is -2.51. The average Bonchev–Trinajstić information content (AvgIpc) is 3.25. The Morgan fingerprint density at radius 3 is 2.40 bits per heavy atom. The van der Waals surface area contributed by atoms with Crippen LogP contribution in [0.4, 0.5) is 15.3 Å². The summed E-state index contributed by atoms with van der Waals surface area (Å²) in [6.45, 7) is 5.80. The number of nitrogens with zero attached hydrogens (tertiary/aromatic N) is 4. The van der Waals surface area contributed by atoms with Crippen LogP contribution in [0, 0.1) is 0 Å². The summed E-state index contributed by atoms with van der Waals surface area (Å²) >= 11 is 0. The minimum Gasteiger partial charge on any atom is -0.461 e. The van der Waals surface area contributed by atoms with Crippen LogP contribution < -0.4 is 5.32 Å². The van der Waals surface area contributed by atoms with Crippen molar-refractivity contribution in [3.8, 4) is 5.69 Å². The molecule has 10 heteroatoms. The number of anilines is 1. The summed E-state index contributed by atoms with van der Waals surface area (Å²) in [6.07, 6.45) is 1.30. The maximum atomic E-state index is 12.6. The van der Waals surface area contributed by atoms with Crippen LogP contribution in [0.2, 0.25) is 0 Å². The fraction of sp³-hybridized carbons (Fsp3) is 0.400. The zero-order chi connectivity index (χ0) is 21.5. The van der Waals surface area contributed by atoms with Crippen molar-refractivity contribution in [1.82, 2.24) is 19.6 Å². The van der Waals surface area contributed by atoms with Gasteiger partial charge in [0.1, 0.15) is 0 Å². The van der Waals surface area contributed by atoms with E-state index < -0.39 is 5.97 Å². The van der Waals surface area contributed by atoms with Gasteiger partial charge in [-0.25, -0.2) is 19.1 Å². The third-order valence-corrected chi connectivity index (χ3v) is 4.53. The molecule has 2 heterocycles. The Morgan fingerprint density at radius 2 is 1.70 bits per heavy atom. The van der Waals surface area contributed by atoms with Crippen molar-refractivity contribution in [2.75, 3.05) is 44.7 Å². The van der Waals surface area contributed by atoms with Gasteiger partial charge in [0.25, 0.3) is 0 Å². The maximum Gasteiger partial charge on any atom is 0.409 e. The summed E-state index contributed by atoms with van der Waals surface area (Å²) in [7, 11) is 0. The van der Waals surface area contributed by atoms with Crippen LogP contribution >= 0.6 is 0 Å². The second-order valence-electron chi connectivity index (χ2n) is 6.52. The highest BCUT2D eigenvalue weighted by Crippen LogP contribution is 2.16. The van der Waals surface area contributed by atoms with E-state index >= 15 is 0 Å². The molecule has 160 valence electrons. The molecule has 1 fully saturated rings. The molecule has 1 aromatic carbocycles. The van der Waals surface area contributed by atoms with Crippen LogP contribution in [0.3, 0.4) is 0 Å². The molecular formula is C20H25N5O5. The highest BCUT2D eigenvalue weighted by atomic mass is 16.6. The molecule has 0 aliphatic carbocycles. The normalized spacial score (nSPS) is 13.7. The third kappa shape index (κ3) is 5.07. The highest BCUT2D eigenvalue weighted by Gasteiger charge is 2.24. The van der Waals surface area contributed by atoms with Gasteiger partial charge in [-0.15, -0.1) is 0 Å². The van der Waals surface area contributed by atoms with E-state index in [0.29, 0.717) is 44.2 Å². The van der Waals surface area contributed by atoms with Gasteiger partial charge in [-0.1, -0.05) is 6.07 Å². The van der Waals surface area contributed by atoms with Crippen LogP contribution in [-0.4, -0.2) is 77.1 Å². The molecule has 1 N–H and O–H groups in total. The monoisotopic (exact) mass is 415 g/mol. The lowest BCUT2D eigenvalue weighted by atomic mass is 10.2. The van der Waals surface area contributed by atoms with E-state index in [4.69, 9.17) is 9.47 Å². The number of esters is 1. The van der Waals surface area contributed by atoms with Crippen molar-refractivity contribution in [2.45, 2.75) is 13.8 Å². The second-order valence-corrected chi connectivity index (χ2v) is 6.52. The van der Waals surface area contributed by atoms with Crippen LogP contribution in [0.25, 0.3) is 5.69 Å². The van der Waals surface area contributed by atoms with Crippen molar-refractivity contribution in [1.29, 1.82) is 0 Å². The zero-order valence-electron chi connectivity index (χ0n) is 17.0. The van der Waals surface area contributed by atoms with Gasteiger partial charge >= 0.3 is 18.1 Å². The molecule has 3 rings (SSSR count). The Balaban J connectivity index is 1.60. The molecule has 1 aliphatic rings. The Labute approximate surface area is 174 Å². The first-order chi connectivity index (χ1) is 14.5. The van der Waals surface area contributed by atoms with Gasteiger partial charge in [-0.05, 0) is 38.1 Å². The zero-order valence-corrected chi connectivity index (χ0v) is 17.0. The van der Waals surface area contributed by atoms with Gasteiger partial charge in [-0.3, -0.25) is 0 Å². The molecule has 3 amide bonds. The van der Waals surface area contributed by atoms with Gasteiger partial charge in [0.15, 0.2) is 5.69 Å². The number of hydrogen-bond acceptors (Lipinski definition) is 6. The fourth-order valence-corrected chi connectivity index (χ4v) is 3.02. The van der Waals surface area contributed by atoms with Crippen molar-refractivity contribution < 1.29 is 23.9 Å². The first kappa shape index (κ1) is 21.2. The van der Waals surface area contributed by atoms with Gasteiger partial charge < -0.3 is 24.6 Å². The van der Waals surface area contributed by atoms with Gasteiger partial charge in [0.05, 0.1) is 18.9 Å². The first-order valence-electron chi connectivity index (χ1n) is 9.82. The quantitative estimate of drug-likeness (QED) is 0.752. The molecule has 30 heavy (non-hydrogen) atoms. The number of aromatic nitrogens is 2. The lowest BCUT2D eigenvalue weighted by molar-refractivity contribution is 0.0519. The molecule has 0 saturated carbocycles. The van der Waals surface area contributed by atoms with Gasteiger partial charge in [-0.2, -0.15) is 5.10 Å². The van der Waals surface area contributed by atoms with Crippen LogP contribution in [0.15, 0.2) is 36.5 Å². The van der Waals surface area contributed by atoms with E-state index in [0.717, 1.165) is 0 Å². The molecule has 1 aliphatic heterocycles. The molecule has 1 saturated heterocycles. The topological polar surface area (TPSA) is 106 Å². The molecule has 0 spiro atoms. The summed E-state index contributed by atoms with van der Waals surface area (Å²) in [5.74, 6) is -0.484. The highest BCUT2D eigenvalue weighted by molar-refractivity contribution is 5.90. The predicted molar refractivity (Wildman–Crippen MR) is 109 cm³/mol. The molecule has 0 atom stereocenters. The van der Waals surface area contributed by atoms with Crippen molar-refractivity contribution in [2.24, 2.45) is 0 Å². The second kappa shape index (κ2) is 9.77. The molecule has 10 nitrogen and oxygen atoms in total. The molecule has 2 aromatic rings. The molecule has 1 aromatic heterocycles. The van der Waals surface area contributed by atoms with Crippen LogP contribution in [-0.2, 0) is 9.47 Å². The third-order valence-electron chi connectivity index (χ3n) is 4.53. The Kier molecular flexibility index (Phi) is 6.89. The smallest absolute Gasteiger partial charge is 0.409 e. The summed E-state index contributed by atoms with van der Waals surface area (Å²) in [5.41, 5.74) is 1.50. The molecule has 0 radical (unpaired) electrons. The molecular weight excluding hydrogens is 390 g/mol. The number of amides is 3. The average molecular weight is 415 g/mol. The number of rotatable bonds is 5. The maximum absolute atomic E-state index is 12.6. The minimum absolute atomic E-state index is 0.214. The number of urea groups is 1. The predicted octanol–water partition coefficient (Wildman–Crippen LogP) is 2.36. The van der Waals surface area contributed by atoms with Crippen LogP contribution in [0.5, 0.6) is 0 Å². The molecule has 0 bridgehead atoms. The number of benzene rings is 1. The van der Waals surface area contributed by atoms with E-state index in [1.807, 2.05) is 6.07 Å². The van der Waals surface area contributed by atoms with Crippen molar-refractivity contribution >= 4 is 23.8 Å². The fourth-order valence-electron chi connectivity index (χ4n) is 3.02. The van der Waals surface area contributed by atoms with E-state index in [1.54, 1.807) is 58.8 Å². The summed E-state index contributed by atoms with van der Waals surface area (Å²) in [6, 6.07) is 8.46. The number of carbonyl (C=O) groups is 3. The lowest BCUT2D eigenvalue weighted by Gasteiger charge is -2.34. The number of ether oxygens (including phenoxy) is 2. The van der Waals surface area contributed by atoms with Gasteiger partial charge in [0, 0.05) is 38.1 Å². The van der Waals surface area contributed by atoms with E-state index in [1.165, 1.54) is 0 Å². The standard InChI is InChI=1S/C20H25N5O5/c1-3-29-18(26)17-8-9-25(22-17)16-7-5-6-15(14-16)21-19(27)23-10-12-24(13-11-23)20(28)30-4-2/h5-9,14H,3-4,10-13H2,1-2H3,(H,21,27). The van der Waals surface area contributed by atoms with E-state index in [2.05, 4.69) is 10.4 Å². The molecule has 0 unspecified atom stereocenters. The Morgan fingerprint density at radius 1 is 1.00 bits per heavy atom.